The number of nitrogens with two attached hydrogens (primary N) is 1. The number of fused-ring (bicyclic) bond motifs is 1. The lowest BCUT2D eigenvalue weighted by molar-refractivity contribution is 0.0912. The average molecular weight is 284 g/mol. The van der Waals surface area contributed by atoms with Crippen LogP contribution in [0.4, 0.5) is 11.4 Å². The highest BCUT2D eigenvalue weighted by Gasteiger charge is 2.29. The number of anilines is 2. The summed E-state index contributed by atoms with van der Waals surface area (Å²) in [5.74, 6) is 0.00893. The fourth-order valence-electron chi connectivity index (χ4n) is 2.18. The van der Waals surface area contributed by atoms with E-state index in [1.165, 1.54) is 4.31 Å². The van der Waals surface area contributed by atoms with Crippen LogP contribution < -0.4 is 10.0 Å². The third-order valence-corrected chi connectivity index (χ3v) is 4.82. The Balaban J connectivity index is 2.12. The molecular weight excluding hydrogens is 264 g/mol. The van der Waals surface area contributed by atoms with Crippen molar-refractivity contribution in [1.29, 1.82) is 0 Å². The zero-order valence-electron chi connectivity index (χ0n) is 11.3. The van der Waals surface area contributed by atoms with Crippen LogP contribution in [0.5, 0.6) is 0 Å². The van der Waals surface area contributed by atoms with Crippen LogP contribution in [-0.4, -0.2) is 33.4 Å². The molecule has 0 atom stereocenters. The van der Waals surface area contributed by atoms with Crippen molar-refractivity contribution in [3.63, 3.8) is 0 Å². The van der Waals surface area contributed by atoms with Crippen LogP contribution in [0.2, 0.25) is 0 Å². The molecule has 1 aliphatic rings. The van der Waals surface area contributed by atoms with Crippen molar-refractivity contribution in [2.45, 2.75) is 26.4 Å². The van der Waals surface area contributed by atoms with E-state index in [1.807, 2.05) is 19.9 Å². The van der Waals surface area contributed by atoms with Crippen LogP contribution in [0.3, 0.4) is 0 Å². The molecule has 0 saturated heterocycles. The first-order chi connectivity index (χ1) is 8.90. The molecule has 0 amide bonds. The van der Waals surface area contributed by atoms with Gasteiger partial charge in [0, 0.05) is 12.2 Å². The van der Waals surface area contributed by atoms with Crippen molar-refractivity contribution in [1.82, 2.24) is 0 Å². The van der Waals surface area contributed by atoms with Crippen LogP contribution in [-0.2, 0) is 21.2 Å². The smallest absolute Gasteiger partial charge is 0.237 e. The van der Waals surface area contributed by atoms with Gasteiger partial charge < -0.3 is 10.5 Å². The maximum absolute atomic E-state index is 12.3. The lowest BCUT2D eigenvalue weighted by Crippen LogP contribution is -2.33. The maximum Gasteiger partial charge on any atom is 0.237 e. The predicted molar refractivity (Wildman–Crippen MR) is 76.8 cm³/mol. The van der Waals surface area contributed by atoms with Crippen molar-refractivity contribution >= 4 is 21.4 Å². The molecule has 0 unspecified atom stereocenters. The summed E-state index contributed by atoms with van der Waals surface area (Å²) in [4.78, 5) is 0. The van der Waals surface area contributed by atoms with Crippen LogP contribution in [0.1, 0.15) is 19.4 Å². The molecule has 5 nitrogen and oxygen atoms in total. The number of nitrogens with zero attached hydrogens (tertiary/aromatic N) is 1. The Bertz CT molecular complexity index is 555. The monoisotopic (exact) mass is 284 g/mol. The quantitative estimate of drug-likeness (QED) is 0.829. The Hall–Kier alpha value is -1.27. The molecule has 19 heavy (non-hydrogen) atoms. The molecule has 0 bridgehead atoms. The highest BCUT2D eigenvalue weighted by atomic mass is 32.2. The molecule has 1 aliphatic heterocycles. The number of hydrogen-bond donors (Lipinski definition) is 1. The first-order valence-corrected chi connectivity index (χ1v) is 8.01. The second kappa shape index (κ2) is 5.38. The first kappa shape index (κ1) is 14.1. The fraction of sp³-hybridized carbons (Fsp3) is 0.538. The van der Waals surface area contributed by atoms with Gasteiger partial charge in [-0.25, -0.2) is 8.42 Å². The highest BCUT2D eigenvalue weighted by Crippen LogP contribution is 2.31. The van der Waals surface area contributed by atoms with Gasteiger partial charge in [-0.3, -0.25) is 4.31 Å². The maximum atomic E-state index is 12.3. The van der Waals surface area contributed by atoms with Crippen LogP contribution in [0.25, 0.3) is 0 Å². The van der Waals surface area contributed by atoms with Crippen LogP contribution >= 0.6 is 0 Å². The van der Waals surface area contributed by atoms with E-state index in [9.17, 15) is 8.42 Å². The van der Waals surface area contributed by atoms with Gasteiger partial charge in [-0.2, -0.15) is 0 Å². The third-order valence-electron chi connectivity index (χ3n) is 3.08. The number of nitrogen functional groups attached to an aromatic ring is 1. The van der Waals surface area contributed by atoms with Gasteiger partial charge in [0.2, 0.25) is 10.0 Å². The van der Waals surface area contributed by atoms with Crippen LogP contribution in [0.15, 0.2) is 18.2 Å². The van der Waals surface area contributed by atoms with Gasteiger partial charge in [-0.15, -0.1) is 0 Å². The average Bonchev–Trinajstić information content (AvgIpc) is 2.71. The minimum absolute atomic E-state index is 0.00893. The van der Waals surface area contributed by atoms with Crippen molar-refractivity contribution in [2.24, 2.45) is 0 Å². The van der Waals surface area contributed by atoms with E-state index in [-0.39, 0.29) is 18.5 Å². The van der Waals surface area contributed by atoms with Gasteiger partial charge in [0.1, 0.15) is 0 Å². The van der Waals surface area contributed by atoms with Gasteiger partial charge in [0.15, 0.2) is 0 Å². The van der Waals surface area contributed by atoms with Crippen LogP contribution in [0, 0.1) is 0 Å². The standard InChI is InChI=1S/C13H20N2O3S/c1-10(2)18-7-8-19(16,17)15-6-5-11-9-12(14)3-4-13(11)15/h3-4,9-10H,5-8,14H2,1-2H3. The Morgan fingerprint density at radius 2 is 2.16 bits per heavy atom. The summed E-state index contributed by atoms with van der Waals surface area (Å²) in [6.07, 6.45) is 0.755. The largest absolute Gasteiger partial charge is 0.399 e. The van der Waals surface area contributed by atoms with Gasteiger partial charge in [0.25, 0.3) is 0 Å². The number of sulfonamides is 1. The Kier molecular flexibility index (Phi) is 4.01. The van der Waals surface area contributed by atoms with Crippen molar-refractivity contribution < 1.29 is 13.2 Å². The van der Waals surface area contributed by atoms with E-state index >= 15 is 0 Å². The van der Waals surface area contributed by atoms with E-state index in [2.05, 4.69) is 0 Å². The Morgan fingerprint density at radius 3 is 2.84 bits per heavy atom. The molecule has 2 N–H and O–H groups in total. The van der Waals surface area contributed by atoms with Crippen molar-refractivity contribution in [3.8, 4) is 0 Å². The molecule has 0 aliphatic carbocycles. The molecule has 6 heteroatoms. The van der Waals surface area contributed by atoms with E-state index in [0.717, 1.165) is 11.3 Å². The van der Waals surface area contributed by atoms with Gasteiger partial charge in [0.05, 0.1) is 24.2 Å². The molecule has 1 aromatic rings. The SMILES string of the molecule is CC(C)OCCS(=O)(=O)N1CCc2cc(N)ccc21. The van der Waals surface area contributed by atoms with Crippen molar-refractivity contribution in [3.05, 3.63) is 23.8 Å². The minimum atomic E-state index is -3.31. The topological polar surface area (TPSA) is 72.6 Å². The highest BCUT2D eigenvalue weighted by molar-refractivity contribution is 7.92. The van der Waals surface area contributed by atoms with E-state index in [4.69, 9.17) is 10.5 Å². The molecule has 0 spiro atoms. The number of hydrogen-bond acceptors (Lipinski definition) is 4. The second-order valence-electron chi connectivity index (χ2n) is 4.95. The zero-order valence-corrected chi connectivity index (χ0v) is 12.1. The zero-order chi connectivity index (χ0) is 14.0. The summed E-state index contributed by atoms with van der Waals surface area (Å²) >= 11 is 0. The Morgan fingerprint density at radius 1 is 1.42 bits per heavy atom. The summed E-state index contributed by atoms with van der Waals surface area (Å²) in [5, 5.41) is 0. The first-order valence-electron chi connectivity index (χ1n) is 6.40. The van der Waals surface area contributed by atoms with E-state index < -0.39 is 10.0 Å². The fourth-order valence-corrected chi connectivity index (χ4v) is 3.55. The molecule has 0 radical (unpaired) electrons. The Labute approximate surface area is 114 Å². The summed E-state index contributed by atoms with van der Waals surface area (Å²) < 4.78 is 31.3. The normalized spacial score (nSPS) is 15.0. The summed E-state index contributed by atoms with van der Waals surface area (Å²) in [7, 11) is -3.31. The lowest BCUT2D eigenvalue weighted by Gasteiger charge is -2.20. The van der Waals surface area contributed by atoms with Gasteiger partial charge in [-0.05, 0) is 44.0 Å². The predicted octanol–water partition coefficient (Wildman–Crippen LogP) is 1.39. The molecule has 2 rings (SSSR count). The van der Waals surface area contributed by atoms with E-state index in [0.29, 0.717) is 18.7 Å². The number of ether oxygens (including phenoxy) is 1. The lowest BCUT2D eigenvalue weighted by atomic mass is 10.1. The van der Waals surface area contributed by atoms with Crippen molar-refractivity contribution in [2.75, 3.05) is 28.9 Å². The summed E-state index contributed by atoms with van der Waals surface area (Å²) in [6, 6.07) is 5.35. The van der Waals surface area contributed by atoms with E-state index in [1.54, 1.807) is 12.1 Å². The molecular formula is C13H20N2O3S. The second-order valence-corrected chi connectivity index (χ2v) is 6.96. The molecule has 0 aromatic heterocycles. The summed E-state index contributed by atoms with van der Waals surface area (Å²) in [6.45, 7) is 4.49. The molecule has 0 saturated carbocycles. The van der Waals surface area contributed by atoms with Gasteiger partial charge >= 0.3 is 0 Å². The number of benzene rings is 1. The minimum Gasteiger partial charge on any atom is -0.399 e. The number of rotatable bonds is 5. The van der Waals surface area contributed by atoms with Gasteiger partial charge in [-0.1, -0.05) is 0 Å². The molecule has 1 aromatic carbocycles. The molecule has 0 fully saturated rings. The molecule has 106 valence electrons. The third kappa shape index (κ3) is 3.19. The summed E-state index contributed by atoms with van der Waals surface area (Å²) in [5.41, 5.74) is 8.12. The molecule has 1 heterocycles.